The lowest BCUT2D eigenvalue weighted by Crippen LogP contribution is -2.41. The Labute approximate surface area is 288 Å². The van der Waals surface area contributed by atoms with Crippen LogP contribution >= 0.6 is 0 Å². The number of hydrogen-bond acceptors (Lipinski definition) is 4. The van der Waals surface area contributed by atoms with Gasteiger partial charge in [-0.3, -0.25) is 0 Å². The number of allylic oxidation sites excluding steroid dienone is 2. The van der Waals surface area contributed by atoms with Crippen molar-refractivity contribution in [3.05, 3.63) is 82.3 Å². The molecule has 5 nitrogen and oxygen atoms in total. The minimum Gasteiger partial charge on any atom is -0.490 e. The lowest BCUT2D eigenvalue weighted by molar-refractivity contribution is -0.130. The smallest absolute Gasteiger partial charge is 0.336 e. The number of carboxylic acid groups (broad SMARTS) is 1. The van der Waals surface area contributed by atoms with E-state index in [1.54, 1.807) is 18.2 Å². The fourth-order valence-electron chi connectivity index (χ4n) is 8.78. The first-order valence-electron chi connectivity index (χ1n) is 18.0. The van der Waals surface area contributed by atoms with Gasteiger partial charge in [0.25, 0.3) is 0 Å². The minimum absolute atomic E-state index is 0.00461. The number of carbonyl (C=O) groups is 1. The number of rotatable bonds is 8. The fourth-order valence-corrected chi connectivity index (χ4v) is 8.78. The number of ether oxygens (including phenoxy) is 2. The molecule has 49 heavy (non-hydrogen) atoms. The normalized spacial score (nSPS) is 28.7. The molecular formula is C41H50F3NO4. The van der Waals surface area contributed by atoms with Crippen LogP contribution < -0.4 is 9.64 Å². The molecule has 3 aliphatic carbocycles. The van der Waals surface area contributed by atoms with Crippen LogP contribution in [0, 0.1) is 53.0 Å². The average molecular weight is 678 g/mol. The predicted molar refractivity (Wildman–Crippen MR) is 188 cm³/mol. The van der Waals surface area contributed by atoms with Gasteiger partial charge in [0.1, 0.15) is 23.8 Å². The molecule has 8 heteroatoms. The van der Waals surface area contributed by atoms with Crippen LogP contribution in [-0.2, 0) is 9.53 Å². The minimum atomic E-state index is -1.32. The molecule has 6 rings (SSSR count). The number of aliphatic carboxylic acids is 1. The maximum atomic E-state index is 15.5. The second kappa shape index (κ2) is 14.0. The molecule has 1 aliphatic heterocycles. The van der Waals surface area contributed by atoms with Gasteiger partial charge in [-0.25, -0.2) is 18.0 Å². The van der Waals surface area contributed by atoms with Gasteiger partial charge < -0.3 is 19.5 Å². The molecule has 1 heterocycles. The molecule has 7 unspecified atom stereocenters. The highest BCUT2D eigenvalue weighted by Crippen LogP contribution is 2.50. The monoisotopic (exact) mass is 677 g/mol. The highest BCUT2D eigenvalue weighted by molar-refractivity contribution is 6.21. The van der Waals surface area contributed by atoms with Crippen LogP contribution in [0.4, 0.5) is 18.9 Å². The number of nitrogens with zero attached hydrogens (tertiary/aromatic N) is 1. The molecule has 2 fully saturated rings. The maximum absolute atomic E-state index is 15.5. The maximum Gasteiger partial charge on any atom is 0.336 e. The average Bonchev–Trinajstić information content (AvgIpc) is 3.04. The van der Waals surface area contributed by atoms with Crippen molar-refractivity contribution in [1.29, 1.82) is 0 Å². The van der Waals surface area contributed by atoms with Gasteiger partial charge in [0.15, 0.2) is 11.6 Å². The summed E-state index contributed by atoms with van der Waals surface area (Å²) in [7, 11) is 1.85. The number of likely N-dealkylation sites (N-methyl/N-ethyl adjacent to an activating group) is 1. The Bertz CT molecular complexity index is 1690. The van der Waals surface area contributed by atoms with Crippen LogP contribution in [0.5, 0.6) is 5.75 Å². The quantitative estimate of drug-likeness (QED) is 0.282. The summed E-state index contributed by atoms with van der Waals surface area (Å²) in [4.78, 5) is 15.2. The number of carboxylic acids is 1. The molecule has 264 valence electrons. The third-order valence-electron chi connectivity index (χ3n) is 11.5. The van der Waals surface area contributed by atoms with Crippen LogP contribution in [0.25, 0.3) is 11.1 Å². The number of halogens is 3. The summed E-state index contributed by atoms with van der Waals surface area (Å²) < 4.78 is 59.3. The summed E-state index contributed by atoms with van der Waals surface area (Å²) in [6.45, 7) is 13.2. The molecule has 7 atom stereocenters. The van der Waals surface area contributed by atoms with Crippen molar-refractivity contribution in [2.75, 3.05) is 11.9 Å². The molecule has 4 aliphatic rings. The van der Waals surface area contributed by atoms with E-state index in [1.807, 2.05) is 24.1 Å². The van der Waals surface area contributed by atoms with Crippen molar-refractivity contribution in [2.24, 2.45) is 35.5 Å². The van der Waals surface area contributed by atoms with Crippen molar-refractivity contribution in [3.8, 4) is 5.75 Å². The zero-order chi connectivity index (χ0) is 35.3. The van der Waals surface area contributed by atoms with Crippen molar-refractivity contribution >= 4 is 22.8 Å². The third-order valence-corrected chi connectivity index (χ3v) is 11.5. The number of fused-ring (bicyclic) bond motifs is 2. The molecule has 1 N–H and O–H groups in total. The van der Waals surface area contributed by atoms with Crippen molar-refractivity contribution in [3.63, 3.8) is 0 Å². The summed E-state index contributed by atoms with van der Waals surface area (Å²) >= 11 is 0. The van der Waals surface area contributed by atoms with E-state index in [0.717, 1.165) is 44.2 Å². The van der Waals surface area contributed by atoms with Crippen molar-refractivity contribution in [1.82, 2.24) is 0 Å². The Morgan fingerprint density at radius 1 is 0.857 bits per heavy atom. The summed E-state index contributed by atoms with van der Waals surface area (Å²) in [6, 6.07) is 7.14. The van der Waals surface area contributed by atoms with Crippen LogP contribution in [0.15, 0.2) is 53.8 Å². The van der Waals surface area contributed by atoms with Gasteiger partial charge in [0.2, 0.25) is 0 Å². The van der Waals surface area contributed by atoms with E-state index in [4.69, 9.17) is 9.47 Å². The molecule has 2 saturated carbocycles. The van der Waals surface area contributed by atoms with Crippen LogP contribution in [0.1, 0.15) is 91.2 Å². The molecule has 0 radical (unpaired) electrons. The molecule has 2 aromatic rings. The van der Waals surface area contributed by atoms with Crippen LogP contribution in [-0.4, -0.2) is 36.4 Å². The summed E-state index contributed by atoms with van der Waals surface area (Å²) in [6.07, 6.45) is 7.75. The SMILES string of the molecule is CC1CCC(C(C)C)C(Oc2ccc3c(c2)N(C)C2=CC=C(c4c(F)ccc(F)c4F)C(OC4CC(C)CCC4C(C)C)C2=C3C(=O)O)C1. The highest BCUT2D eigenvalue weighted by Gasteiger charge is 2.43. The van der Waals surface area contributed by atoms with E-state index in [0.29, 0.717) is 51.9 Å². The second-order valence-electron chi connectivity index (χ2n) is 15.6. The molecule has 0 spiro atoms. The van der Waals surface area contributed by atoms with Gasteiger partial charge in [-0.15, -0.1) is 0 Å². The zero-order valence-corrected chi connectivity index (χ0v) is 29.7. The summed E-state index contributed by atoms with van der Waals surface area (Å²) in [5, 5.41) is 10.9. The molecule has 0 saturated heterocycles. The first-order chi connectivity index (χ1) is 23.3. The van der Waals surface area contributed by atoms with E-state index in [2.05, 4.69) is 41.5 Å². The second-order valence-corrected chi connectivity index (χ2v) is 15.6. The molecule has 0 aromatic heterocycles. The van der Waals surface area contributed by atoms with Gasteiger partial charge in [-0.1, -0.05) is 60.5 Å². The number of anilines is 1. The van der Waals surface area contributed by atoms with E-state index >= 15 is 8.78 Å². The Morgan fingerprint density at radius 2 is 1.47 bits per heavy atom. The predicted octanol–water partition coefficient (Wildman–Crippen LogP) is 10.1. The van der Waals surface area contributed by atoms with E-state index < -0.39 is 35.1 Å². The fraction of sp³-hybridized carbons (Fsp3) is 0.537. The van der Waals surface area contributed by atoms with Crippen molar-refractivity contribution in [2.45, 2.75) is 98.4 Å². The van der Waals surface area contributed by atoms with Crippen LogP contribution in [0.3, 0.4) is 0 Å². The van der Waals surface area contributed by atoms with Crippen molar-refractivity contribution < 1.29 is 32.5 Å². The molecule has 0 amide bonds. The van der Waals surface area contributed by atoms with E-state index in [-0.39, 0.29) is 35.2 Å². The van der Waals surface area contributed by atoms with Crippen LogP contribution in [0.2, 0.25) is 0 Å². The largest absolute Gasteiger partial charge is 0.490 e. The zero-order valence-electron chi connectivity index (χ0n) is 29.7. The molecule has 2 aromatic carbocycles. The Kier molecular flexibility index (Phi) is 10.1. The molecule has 0 bridgehead atoms. The molecular weight excluding hydrogens is 627 g/mol. The standard InChI is InChI=1S/C41H50F3NO4/c1-21(2)26-11-8-23(5)18-34(26)48-25-10-13-28-33(20-25)45(7)32-17-14-29(36-30(42)15-16-31(43)39(36)44)40(38(32)37(28)41(46)47)49-35-19-24(6)9-12-27(35)22(3)4/h10,13-17,20-24,26-27,34-35,40H,8-9,11-12,18-19H2,1-7H3,(H,46,47). The van der Waals surface area contributed by atoms with Gasteiger partial charge >= 0.3 is 5.97 Å². The van der Waals surface area contributed by atoms with Gasteiger partial charge in [-0.2, -0.15) is 0 Å². The first kappa shape index (κ1) is 35.3. The number of benzene rings is 2. The highest BCUT2D eigenvalue weighted by atomic mass is 19.2. The van der Waals surface area contributed by atoms with Gasteiger partial charge in [0.05, 0.1) is 22.9 Å². The van der Waals surface area contributed by atoms with E-state index in [9.17, 15) is 14.3 Å². The first-order valence-corrected chi connectivity index (χ1v) is 18.0. The summed E-state index contributed by atoms with van der Waals surface area (Å²) in [5.41, 5.74) is 1.48. The van der Waals surface area contributed by atoms with Gasteiger partial charge in [0, 0.05) is 29.9 Å². The lowest BCUT2D eigenvalue weighted by atomic mass is 9.74. The third kappa shape index (κ3) is 6.70. The Morgan fingerprint density at radius 3 is 2.10 bits per heavy atom. The summed E-state index contributed by atoms with van der Waals surface area (Å²) in [5.74, 6) is -1.71. The Balaban J connectivity index is 1.49. The lowest BCUT2D eigenvalue weighted by Gasteiger charge is -2.43. The van der Waals surface area contributed by atoms with E-state index in [1.165, 1.54) is 6.42 Å². The number of hydrogen-bond donors (Lipinski definition) is 1. The Hall–Kier alpha value is -3.52. The topological polar surface area (TPSA) is 59.0 Å². The van der Waals surface area contributed by atoms with Gasteiger partial charge in [-0.05, 0) is 97.1 Å².